The largest absolute Gasteiger partial charge is 0.433 e. The molecule has 0 unspecified atom stereocenters. The number of hydrogen-bond acceptors (Lipinski definition) is 7. The van der Waals surface area contributed by atoms with Crippen LogP contribution in [-0.2, 0) is 41.7 Å². The Morgan fingerprint density at radius 2 is 1.68 bits per heavy atom. The molecule has 5 rings (SSSR count). The third-order valence-electron chi connectivity index (χ3n) is 7.68. The van der Waals surface area contributed by atoms with Crippen LogP contribution in [0.25, 0.3) is 0 Å². The molecule has 0 bridgehead atoms. The number of carbonyl (C=O) groups excluding carboxylic acids is 4. The van der Waals surface area contributed by atoms with Crippen LogP contribution in [-0.4, -0.2) is 64.7 Å². The van der Waals surface area contributed by atoms with Gasteiger partial charge in [0.15, 0.2) is 0 Å². The minimum Gasteiger partial charge on any atom is -0.433 e. The van der Waals surface area contributed by atoms with E-state index >= 15 is 0 Å². The van der Waals surface area contributed by atoms with E-state index in [4.69, 9.17) is 9.47 Å². The summed E-state index contributed by atoms with van der Waals surface area (Å²) in [5.41, 5.74) is 2.68. The number of allylic oxidation sites excluding steroid dienone is 1. The van der Waals surface area contributed by atoms with Crippen LogP contribution in [0, 0.1) is 0 Å². The number of fused-ring (bicyclic) bond motifs is 1. The van der Waals surface area contributed by atoms with E-state index in [1.165, 1.54) is 5.01 Å². The second-order valence-electron chi connectivity index (χ2n) is 10.6. The van der Waals surface area contributed by atoms with Crippen molar-refractivity contribution in [1.29, 1.82) is 0 Å². The molecule has 3 amide bonds. The third kappa shape index (κ3) is 6.94. The summed E-state index contributed by atoms with van der Waals surface area (Å²) in [4.78, 5) is 52.3. The van der Waals surface area contributed by atoms with E-state index in [1.807, 2.05) is 60.7 Å². The minimum absolute atomic E-state index is 0.0254. The van der Waals surface area contributed by atoms with Gasteiger partial charge >= 0.3 is 5.97 Å². The quantitative estimate of drug-likeness (QED) is 0.453. The minimum atomic E-state index is -0.933. The fourth-order valence-corrected chi connectivity index (χ4v) is 5.52. The number of carbonyl (C=O) groups is 4. The molecule has 0 aromatic heterocycles. The maximum Gasteiger partial charge on any atom is 0.310 e. The maximum atomic E-state index is 13.8. The predicted octanol–water partition coefficient (Wildman–Crippen LogP) is 2.59. The number of rotatable bonds is 9. The lowest BCUT2D eigenvalue weighted by atomic mass is 10.0. The Morgan fingerprint density at radius 1 is 0.976 bits per heavy atom. The van der Waals surface area contributed by atoms with Gasteiger partial charge in [0.25, 0.3) is 5.91 Å². The molecule has 10 heteroatoms. The zero-order valence-electron chi connectivity index (χ0n) is 23.0. The van der Waals surface area contributed by atoms with E-state index < -0.39 is 36.3 Å². The van der Waals surface area contributed by atoms with Gasteiger partial charge in [-0.2, -0.15) is 0 Å². The molecule has 2 N–H and O–H groups in total. The van der Waals surface area contributed by atoms with Gasteiger partial charge in [-0.15, -0.1) is 0 Å². The first-order valence-electron chi connectivity index (χ1n) is 14.2. The van der Waals surface area contributed by atoms with E-state index in [0.717, 1.165) is 16.8 Å². The van der Waals surface area contributed by atoms with E-state index in [-0.39, 0.29) is 31.3 Å². The summed E-state index contributed by atoms with van der Waals surface area (Å²) < 4.78 is 11.2. The summed E-state index contributed by atoms with van der Waals surface area (Å²) in [5, 5.41) is 9.02. The van der Waals surface area contributed by atoms with Gasteiger partial charge in [-0.05, 0) is 43.2 Å². The Balaban J connectivity index is 1.24. The fraction of sp³-hybridized carbons (Fsp3) is 0.419. The Labute approximate surface area is 239 Å². The van der Waals surface area contributed by atoms with E-state index in [0.29, 0.717) is 38.6 Å². The van der Waals surface area contributed by atoms with Gasteiger partial charge < -0.3 is 20.1 Å². The van der Waals surface area contributed by atoms with Crippen molar-refractivity contribution < 1.29 is 28.7 Å². The Hall–Kier alpha value is -4.18. The van der Waals surface area contributed by atoms with Gasteiger partial charge in [0, 0.05) is 18.7 Å². The second kappa shape index (κ2) is 13.0. The number of cyclic esters (lactones) is 1. The molecule has 0 aliphatic carbocycles. The summed E-state index contributed by atoms with van der Waals surface area (Å²) in [6.07, 6.45) is 1.90. The van der Waals surface area contributed by atoms with Gasteiger partial charge in [0.05, 0.1) is 13.0 Å². The number of aryl methyl sites for hydroxylation is 1. The average Bonchev–Trinajstić information content (AvgIpc) is 3.29. The van der Waals surface area contributed by atoms with Crippen molar-refractivity contribution in [3.63, 3.8) is 0 Å². The molecule has 2 aromatic rings. The Morgan fingerprint density at radius 3 is 2.41 bits per heavy atom. The molecule has 4 atom stereocenters. The summed E-state index contributed by atoms with van der Waals surface area (Å²) >= 11 is 0. The van der Waals surface area contributed by atoms with Crippen molar-refractivity contribution in [2.45, 2.75) is 76.0 Å². The highest BCUT2D eigenvalue weighted by Crippen LogP contribution is 2.29. The van der Waals surface area contributed by atoms with Crippen LogP contribution < -0.4 is 10.6 Å². The standard InChI is InChI=1S/C31H36N4O6/c1-21-14-16-24(32-27(36)17-15-22-9-4-2-5-10-22)30(39)35-26(13-8-18-34(21)35)29(38)33-25-19-28(37)41-31(25)40-20-23-11-6-3-7-12-23/h2-7,9-12,24-26,31H,1,8,13-20H2,(H,32,36)(H,33,38)/t24-,25-,26-,31+/m0/s1. The lowest BCUT2D eigenvalue weighted by molar-refractivity contribution is -0.170. The molecule has 3 aliphatic heterocycles. The second-order valence-corrected chi connectivity index (χ2v) is 10.6. The lowest BCUT2D eigenvalue weighted by Gasteiger charge is -2.45. The summed E-state index contributed by atoms with van der Waals surface area (Å²) in [6, 6.07) is 16.9. The number of amides is 3. The number of benzene rings is 2. The first-order valence-corrected chi connectivity index (χ1v) is 14.2. The first-order chi connectivity index (χ1) is 19.9. The number of esters is 1. The van der Waals surface area contributed by atoms with Crippen molar-refractivity contribution in [3.8, 4) is 0 Å². The molecule has 3 fully saturated rings. The van der Waals surface area contributed by atoms with Gasteiger partial charge in [0.1, 0.15) is 18.1 Å². The van der Waals surface area contributed by atoms with Crippen molar-refractivity contribution in [3.05, 3.63) is 84.1 Å². The number of nitrogens with one attached hydrogen (secondary N) is 2. The molecule has 216 valence electrons. The molecule has 0 saturated carbocycles. The molecule has 0 spiro atoms. The summed E-state index contributed by atoms with van der Waals surface area (Å²) in [5.74, 6) is -1.42. The number of ether oxygens (including phenoxy) is 2. The van der Waals surface area contributed by atoms with E-state index in [2.05, 4.69) is 17.2 Å². The molecule has 10 nitrogen and oxygen atoms in total. The highest BCUT2D eigenvalue weighted by molar-refractivity contribution is 5.92. The number of hydrazine groups is 1. The monoisotopic (exact) mass is 560 g/mol. The van der Waals surface area contributed by atoms with Crippen molar-refractivity contribution in [1.82, 2.24) is 20.7 Å². The Kier molecular flexibility index (Phi) is 8.98. The van der Waals surface area contributed by atoms with Crippen LogP contribution in [0.2, 0.25) is 0 Å². The molecule has 3 aliphatic rings. The topological polar surface area (TPSA) is 117 Å². The SMILES string of the molecule is C=C1CC[C@H](NC(=O)CCc2ccccc2)C(=O)N2[C@H](C(=O)N[C@H]3CC(=O)O[C@H]3OCc3ccccc3)CCCN12. The molecule has 3 saturated heterocycles. The van der Waals surface area contributed by atoms with Crippen LogP contribution in [0.5, 0.6) is 0 Å². The summed E-state index contributed by atoms with van der Waals surface area (Å²) in [7, 11) is 0. The zero-order chi connectivity index (χ0) is 28.8. The van der Waals surface area contributed by atoms with Crippen LogP contribution >= 0.6 is 0 Å². The lowest BCUT2D eigenvalue weighted by Crippen LogP contribution is -2.63. The zero-order valence-corrected chi connectivity index (χ0v) is 23.0. The highest BCUT2D eigenvalue weighted by atomic mass is 16.7. The van der Waals surface area contributed by atoms with Crippen LogP contribution in [0.4, 0.5) is 0 Å². The molecule has 41 heavy (non-hydrogen) atoms. The van der Waals surface area contributed by atoms with Gasteiger partial charge in [-0.3, -0.25) is 24.2 Å². The van der Waals surface area contributed by atoms with Gasteiger partial charge in [-0.1, -0.05) is 67.2 Å². The van der Waals surface area contributed by atoms with E-state index in [1.54, 1.807) is 5.01 Å². The predicted molar refractivity (Wildman–Crippen MR) is 149 cm³/mol. The Bertz CT molecular complexity index is 1270. The molecule has 3 heterocycles. The molecular weight excluding hydrogens is 524 g/mol. The maximum absolute atomic E-state index is 13.8. The first kappa shape index (κ1) is 28.4. The summed E-state index contributed by atoms with van der Waals surface area (Å²) in [6.45, 7) is 4.93. The number of hydrogen-bond donors (Lipinski definition) is 2. The van der Waals surface area contributed by atoms with Crippen LogP contribution in [0.15, 0.2) is 72.9 Å². The van der Waals surface area contributed by atoms with Crippen molar-refractivity contribution in [2.24, 2.45) is 0 Å². The molecular formula is C31H36N4O6. The van der Waals surface area contributed by atoms with Gasteiger partial charge in [-0.25, -0.2) is 5.01 Å². The normalized spacial score (nSPS) is 24.3. The average molecular weight is 561 g/mol. The van der Waals surface area contributed by atoms with Crippen LogP contribution in [0.1, 0.15) is 49.7 Å². The highest BCUT2D eigenvalue weighted by Gasteiger charge is 2.45. The van der Waals surface area contributed by atoms with E-state index in [9.17, 15) is 19.2 Å². The van der Waals surface area contributed by atoms with Crippen molar-refractivity contribution >= 4 is 23.7 Å². The van der Waals surface area contributed by atoms with Gasteiger partial charge in [0.2, 0.25) is 18.1 Å². The third-order valence-corrected chi connectivity index (χ3v) is 7.68. The van der Waals surface area contributed by atoms with Crippen molar-refractivity contribution in [2.75, 3.05) is 6.54 Å². The molecule has 0 radical (unpaired) electrons. The molecule has 2 aromatic carbocycles. The smallest absolute Gasteiger partial charge is 0.310 e. The van der Waals surface area contributed by atoms with Crippen LogP contribution in [0.3, 0.4) is 0 Å². The fourth-order valence-electron chi connectivity index (χ4n) is 5.52. The number of nitrogens with zero attached hydrogens (tertiary/aromatic N) is 2.